The molecule has 152 valence electrons. The van der Waals surface area contributed by atoms with Crippen LogP contribution in [0.5, 0.6) is 0 Å². The fraction of sp³-hybridized carbons (Fsp3) is 0.200. The Morgan fingerprint density at radius 2 is 1.93 bits per heavy atom. The largest absolute Gasteiger partial charge is 0.340 e. The molecule has 2 N–H and O–H groups in total. The molecule has 4 rings (SSSR count). The minimum absolute atomic E-state index is 0.190. The highest BCUT2D eigenvalue weighted by Crippen LogP contribution is 2.20. The molecular formula is C20H20N8OS. The van der Waals surface area contributed by atoms with E-state index in [1.165, 1.54) is 6.33 Å². The van der Waals surface area contributed by atoms with Crippen molar-refractivity contribution < 1.29 is 4.79 Å². The number of imidazole rings is 1. The summed E-state index contributed by atoms with van der Waals surface area (Å²) >= 11 is 1.12. The van der Waals surface area contributed by atoms with Crippen LogP contribution in [0.3, 0.4) is 0 Å². The van der Waals surface area contributed by atoms with E-state index in [0.29, 0.717) is 16.4 Å². The number of hydrogen-bond donors (Lipinski definition) is 2. The predicted molar refractivity (Wildman–Crippen MR) is 115 cm³/mol. The van der Waals surface area contributed by atoms with E-state index in [9.17, 15) is 4.79 Å². The Morgan fingerprint density at radius 3 is 2.67 bits per heavy atom. The lowest BCUT2D eigenvalue weighted by Gasteiger charge is -2.09. The van der Waals surface area contributed by atoms with Crippen LogP contribution in [0.25, 0.3) is 5.82 Å². The Hall–Kier alpha value is -3.66. The van der Waals surface area contributed by atoms with Crippen LogP contribution in [-0.4, -0.2) is 35.0 Å². The van der Waals surface area contributed by atoms with Gasteiger partial charge in [-0.3, -0.25) is 9.36 Å². The highest BCUT2D eigenvalue weighted by atomic mass is 32.1. The monoisotopic (exact) mass is 420 g/mol. The Bertz CT molecular complexity index is 1150. The molecular weight excluding hydrogens is 400 g/mol. The molecule has 9 nitrogen and oxygen atoms in total. The molecule has 0 saturated heterocycles. The first-order chi connectivity index (χ1) is 14.6. The summed E-state index contributed by atoms with van der Waals surface area (Å²) in [6, 6.07) is 9.25. The van der Waals surface area contributed by atoms with Gasteiger partial charge >= 0.3 is 0 Å². The number of amides is 1. The standard InChI is InChI=1S/C20H20N8OS/c1-3-4-16-19(30-27-26-16)20(29)25-15-7-5-14(6-8-15)24-17-11-18(23-12-22-17)28-10-9-21-13(28)2/h5-12H,3-4H2,1-2H3,(H,25,29)(H,22,23,24). The Balaban J connectivity index is 1.44. The van der Waals surface area contributed by atoms with Crippen LogP contribution >= 0.6 is 11.5 Å². The third-order valence-corrected chi connectivity index (χ3v) is 5.16. The number of aryl methyl sites for hydroxylation is 2. The predicted octanol–water partition coefficient (Wildman–Crippen LogP) is 3.77. The molecule has 3 heterocycles. The summed E-state index contributed by atoms with van der Waals surface area (Å²) < 4.78 is 5.78. The number of rotatable bonds is 7. The Morgan fingerprint density at radius 1 is 1.13 bits per heavy atom. The lowest BCUT2D eigenvalue weighted by atomic mass is 10.2. The SMILES string of the molecule is CCCc1nnsc1C(=O)Nc1ccc(Nc2cc(-n3ccnc3C)ncn2)cc1. The van der Waals surface area contributed by atoms with Gasteiger partial charge in [0.05, 0.1) is 5.69 Å². The molecule has 0 unspecified atom stereocenters. The number of anilines is 3. The van der Waals surface area contributed by atoms with Crippen molar-refractivity contribution >= 4 is 34.6 Å². The smallest absolute Gasteiger partial charge is 0.269 e. The van der Waals surface area contributed by atoms with Gasteiger partial charge in [0, 0.05) is 29.8 Å². The highest BCUT2D eigenvalue weighted by molar-refractivity contribution is 7.08. The van der Waals surface area contributed by atoms with Crippen molar-refractivity contribution in [3.05, 3.63) is 65.4 Å². The van der Waals surface area contributed by atoms with Crippen LogP contribution < -0.4 is 10.6 Å². The van der Waals surface area contributed by atoms with E-state index in [0.717, 1.165) is 47.4 Å². The second kappa shape index (κ2) is 8.78. The maximum Gasteiger partial charge on any atom is 0.269 e. The quantitative estimate of drug-likeness (QED) is 0.468. The molecule has 1 amide bonds. The molecule has 0 fully saturated rings. The van der Waals surface area contributed by atoms with E-state index in [2.05, 4.69) is 35.2 Å². The van der Waals surface area contributed by atoms with Crippen LogP contribution in [0.15, 0.2) is 49.1 Å². The van der Waals surface area contributed by atoms with Crippen molar-refractivity contribution in [1.82, 2.24) is 29.1 Å². The van der Waals surface area contributed by atoms with Gasteiger partial charge in [0.25, 0.3) is 5.91 Å². The van der Waals surface area contributed by atoms with Gasteiger partial charge in [-0.05, 0) is 49.1 Å². The van der Waals surface area contributed by atoms with Crippen LogP contribution in [-0.2, 0) is 6.42 Å². The molecule has 0 bridgehead atoms. The summed E-state index contributed by atoms with van der Waals surface area (Å²) in [6.07, 6.45) is 6.73. The minimum atomic E-state index is -0.190. The normalized spacial score (nSPS) is 10.7. The van der Waals surface area contributed by atoms with Crippen LogP contribution in [0.2, 0.25) is 0 Å². The van der Waals surface area contributed by atoms with Crippen LogP contribution in [0.1, 0.15) is 34.5 Å². The maximum absolute atomic E-state index is 12.5. The first-order valence-electron chi connectivity index (χ1n) is 9.46. The van der Waals surface area contributed by atoms with Crippen molar-refractivity contribution in [1.29, 1.82) is 0 Å². The van der Waals surface area contributed by atoms with Gasteiger partial charge in [-0.15, -0.1) is 5.10 Å². The number of carbonyl (C=O) groups excluding carboxylic acids is 1. The first kappa shape index (κ1) is 19.6. The summed E-state index contributed by atoms with van der Waals surface area (Å²) in [5.74, 6) is 2.04. The lowest BCUT2D eigenvalue weighted by Crippen LogP contribution is -2.12. The summed E-state index contributed by atoms with van der Waals surface area (Å²) in [5.41, 5.74) is 2.27. The number of nitrogens with zero attached hydrogens (tertiary/aromatic N) is 6. The zero-order chi connectivity index (χ0) is 20.9. The molecule has 0 radical (unpaired) electrons. The number of nitrogens with one attached hydrogen (secondary N) is 2. The Labute approximate surface area is 177 Å². The topological polar surface area (TPSA) is 111 Å². The zero-order valence-electron chi connectivity index (χ0n) is 16.5. The van der Waals surface area contributed by atoms with E-state index in [4.69, 9.17) is 0 Å². The molecule has 0 spiro atoms. The summed E-state index contributed by atoms with van der Waals surface area (Å²) in [7, 11) is 0. The van der Waals surface area contributed by atoms with Crippen molar-refractivity contribution in [2.45, 2.75) is 26.7 Å². The first-order valence-corrected chi connectivity index (χ1v) is 10.2. The number of hydrogen-bond acceptors (Lipinski definition) is 8. The van der Waals surface area contributed by atoms with E-state index in [1.54, 1.807) is 6.20 Å². The molecule has 0 aliphatic carbocycles. The van der Waals surface area contributed by atoms with E-state index in [1.807, 2.05) is 54.9 Å². The minimum Gasteiger partial charge on any atom is -0.340 e. The summed E-state index contributed by atoms with van der Waals surface area (Å²) in [6.45, 7) is 3.96. The number of carbonyl (C=O) groups is 1. The van der Waals surface area contributed by atoms with Crippen molar-refractivity contribution in [3.63, 3.8) is 0 Å². The molecule has 0 saturated carbocycles. The third-order valence-electron chi connectivity index (χ3n) is 4.39. The average Bonchev–Trinajstić information content (AvgIpc) is 3.39. The van der Waals surface area contributed by atoms with Crippen molar-refractivity contribution in [2.24, 2.45) is 0 Å². The van der Waals surface area contributed by atoms with Gasteiger partial charge in [-0.25, -0.2) is 15.0 Å². The number of benzene rings is 1. The fourth-order valence-corrected chi connectivity index (χ4v) is 3.52. The van der Waals surface area contributed by atoms with Crippen LogP contribution in [0.4, 0.5) is 17.2 Å². The van der Waals surface area contributed by atoms with E-state index in [-0.39, 0.29) is 5.91 Å². The number of aromatic nitrogens is 6. The van der Waals surface area contributed by atoms with Gasteiger partial charge in [0.15, 0.2) is 0 Å². The lowest BCUT2D eigenvalue weighted by molar-refractivity contribution is 0.102. The Kier molecular flexibility index (Phi) is 5.75. The van der Waals surface area contributed by atoms with Crippen molar-refractivity contribution in [2.75, 3.05) is 10.6 Å². The van der Waals surface area contributed by atoms with Gasteiger partial charge < -0.3 is 10.6 Å². The van der Waals surface area contributed by atoms with Gasteiger partial charge in [0.1, 0.15) is 28.7 Å². The van der Waals surface area contributed by atoms with E-state index < -0.39 is 0 Å². The van der Waals surface area contributed by atoms with Crippen LogP contribution in [0, 0.1) is 6.92 Å². The highest BCUT2D eigenvalue weighted by Gasteiger charge is 2.15. The molecule has 4 aromatic rings. The molecule has 0 atom stereocenters. The van der Waals surface area contributed by atoms with Gasteiger partial charge in [0.2, 0.25) is 0 Å². The molecule has 0 aliphatic rings. The second-order valence-electron chi connectivity index (χ2n) is 6.56. The molecule has 10 heteroatoms. The molecule has 1 aromatic carbocycles. The fourth-order valence-electron chi connectivity index (χ4n) is 2.92. The molecule has 0 aliphatic heterocycles. The van der Waals surface area contributed by atoms with Crippen molar-refractivity contribution in [3.8, 4) is 5.82 Å². The van der Waals surface area contributed by atoms with E-state index >= 15 is 0 Å². The summed E-state index contributed by atoms with van der Waals surface area (Å²) in [4.78, 5) is 25.8. The summed E-state index contributed by atoms with van der Waals surface area (Å²) in [5, 5.41) is 10.2. The molecule has 30 heavy (non-hydrogen) atoms. The van der Waals surface area contributed by atoms with Gasteiger partial charge in [-0.1, -0.05) is 17.8 Å². The average molecular weight is 421 g/mol. The second-order valence-corrected chi connectivity index (χ2v) is 7.32. The van der Waals surface area contributed by atoms with Gasteiger partial charge in [-0.2, -0.15) is 0 Å². The molecule has 3 aromatic heterocycles. The zero-order valence-corrected chi connectivity index (χ0v) is 17.3. The maximum atomic E-state index is 12.5. The third kappa shape index (κ3) is 4.33.